The summed E-state index contributed by atoms with van der Waals surface area (Å²) in [6.45, 7) is 0. The number of nitro groups is 1. The Morgan fingerprint density at radius 1 is 1.77 bits per heavy atom. The van der Waals surface area contributed by atoms with Crippen molar-refractivity contribution < 1.29 is 23.7 Å². The molecule has 0 amide bonds. The van der Waals surface area contributed by atoms with Crippen LogP contribution in [0, 0.1) is 10.1 Å². The molecule has 70 valence electrons. The van der Waals surface area contributed by atoms with E-state index in [0.29, 0.717) is 0 Å². The molecule has 0 saturated heterocycles. The van der Waals surface area contributed by atoms with Gasteiger partial charge in [0.1, 0.15) is 6.07 Å². The summed E-state index contributed by atoms with van der Waals surface area (Å²) < 4.78 is 12.7. The van der Waals surface area contributed by atoms with Gasteiger partial charge >= 0.3 is 17.9 Å². The first-order chi connectivity index (χ1) is 6.13. The molecule has 1 heterocycles. The summed E-state index contributed by atoms with van der Waals surface area (Å²) in [6.07, 6.45) is -1.04. The third-order valence-electron chi connectivity index (χ3n) is 1.01. The monoisotopic (exact) mass is 188 g/mol. The van der Waals surface area contributed by atoms with Crippen molar-refractivity contribution in [3.8, 4) is 5.95 Å². The zero-order valence-electron chi connectivity index (χ0n) is 6.42. The number of nitrogens with zero attached hydrogens (tertiary/aromatic N) is 2. The number of rotatable bonds is 2. The third-order valence-corrected chi connectivity index (χ3v) is 1.01. The first kappa shape index (κ1) is 8.97. The number of hydrogen-bond donors (Lipinski definition) is 0. The summed E-state index contributed by atoms with van der Waals surface area (Å²) in [5.41, 5.74) is 0. The van der Waals surface area contributed by atoms with Crippen molar-refractivity contribution in [3.63, 3.8) is 0 Å². The first-order valence-corrected chi connectivity index (χ1v) is 3.00. The van der Waals surface area contributed by atoms with Gasteiger partial charge in [0.25, 0.3) is 0 Å². The van der Waals surface area contributed by atoms with E-state index in [1.807, 2.05) is 0 Å². The molecule has 0 spiro atoms. The van der Waals surface area contributed by atoms with Crippen molar-refractivity contribution in [2.24, 2.45) is 0 Å². The second kappa shape index (κ2) is 3.52. The van der Waals surface area contributed by atoms with E-state index in [0.717, 1.165) is 13.2 Å². The fourth-order valence-electron chi connectivity index (χ4n) is 0.508. The molecule has 0 atom stereocenters. The Labute approximate surface area is 71.2 Å². The smallest absolute Gasteiger partial charge is 0.437 e. The fraction of sp³-hybridized carbons (Fsp3) is 0.200. The molecule has 0 radical (unpaired) electrons. The van der Waals surface area contributed by atoms with Gasteiger partial charge < -0.3 is 19.6 Å². The predicted octanol–water partition coefficient (Wildman–Crippen LogP) is 0.728. The van der Waals surface area contributed by atoms with Crippen LogP contribution in [0.4, 0.5) is 10.6 Å². The average molecular weight is 188 g/mol. The lowest BCUT2D eigenvalue weighted by atomic mass is 10.6. The summed E-state index contributed by atoms with van der Waals surface area (Å²) in [7, 11) is 1.09. The van der Waals surface area contributed by atoms with Crippen molar-refractivity contribution in [1.82, 2.24) is 5.16 Å². The van der Waals surface area contributed by atoms with Crippen LogP contribution in [0.25, 0.3) is 0 Å². The molecule has 0 aliphatic rings. The molecule has 0 aromatic carbocycles. The number of hydrogen-bond acceptors (Lipinski definition) is 7. The Bertz CT molecular complexity index is 332. The van der Waals surface area contributed by atoms with E-state index in [9.17, 15) is 14.9 Å². The lowest BCUT2D eigenvalue weighted by Gasteiger charge is -1.92. The molecule has 0 unspecified atom stereocenters. The third kappa shape index (κ3) is 2.15. The minimum atomic E-state index is -1.04. The van der Waals surface area contributed by atoms with Crippen LogP contribution < -0.4 is 4.74 Å². The van der Waals surface area contributed by atoms with Crippen LogP contribution in [0.3, 0.4) is 0 Å². The second-order valence-corrected chi connectivity index (χ2v) is 1.82. The van der Waals surface area contributed by atoms with Gasteiger partial charge in [-0.2, -0.15) is 0 Å². The highest BCUT2D eigenvalue weighted by molar-refractivity contribution is 5.62. The number of ether oxygens (including phenoxy) is 2. The molecule has 1 aromatic rings. The van der Waals surface area contributed by atoms with E-state index in [-0.39, 0.29) is 0 Å². The summed E-state index contributed by atoms with van der Waals surface area (Å²) >= 11 is 0. The van der Waals surface area contributed by atoms with Gasteiger partial charge in [0.2, 0.25) is 0 Å². The van der Waals surface area contributed by atoms with Gasteiger partial charge in [-0.05, 0) is 4.92 Å². The molecule has 1 rings (SSSR count). The van der Waals surface area contributed by atoms with Crippen molar-refractivity contribution in [1.29, 1.82) is 0 Å². The number of methoxy groups -OCH3 is 1. The zero-order valence-corrected chi connectivity index (χ0v) is 6.42. The Morgan fingerprint density at radius 2 is 2.46 bits per heavy atom. The highest BCUT2D eigenvalue weighted by atomic mass is 16.8. The van der Waals surface area contributed by atoms with Crippen LogP contribution in [0.15, 0.2) is 10.6 Å². The van der Waals surface area contributed by atoms with Crippen LogP contribution in [0.2, 0.25) is 0 Å². The molecule has 13 heavy (non-hydrogen) atoms. The topological polar surface area (TPSA) is 105 Å². The number of carbonyl (C=O) groups is 1. The molecule has 0 aliphatic carbocycles. The van der Waals surface area contributed by atoms with Gasteiger partial charge in [-0.1, -0.05) is 0 Å². The van der Waals surface area contributed by atoms with Gasteiger partial charge in [0, 0.05) is 0 Å². The fourth-order valence-corrected chi connectivity index (χ4v) is 0.508. The van der Waals surface area contributed by atoms with Crippen LogP contribution in [-0.2, 0) is 4.74 Å². The van der Waals surface area contributed by atoms with E-state index in [1.54, 1.807) is 0 Å². The Kier molecular flexibility index (Phi) is 2.43. The second-order valence-electron chi connectivity index (χ2n) is 1.82. The van der Waals surface area contributed by atoms with Gasteiger partial charge in [0.05, 0.1) is 7.11 Å². The Balaban J connectivity index is 2.69. The standard InChI is InChI=1S/C5H4N2O6/c1-11-5(8)12-4-2-3(6-13-4)7(9)10/h2H,1H3. The molecule has 0 fully saturated rings. The molecule has 8 nitrogen and oxygen atoms in total. The van der Waals surface area contributed by atoms with Gasteiger partial charge in [0.15, 0.2) is 5.16 Å². The highest BCUT2D eigenvalue weighted by Gasteiger charge is 2.18. The minimum absolute atomic E-state index is 0.390. The maximum Gasteiger partial charge on any atom is 0.516 e. The molecule has 0 N–H and O–H groups in total. The summed E-state index contributed by atoms with van der Waals surface area (Å²) in [6, 6.07) is 0.858. The van der Waals surface area contributed by atoms with E-state index >= 15 is 0 Å². The molecule has 0 saturated carbocycles. The summed E-state index contributed by atoms with van der Waals surface area (Å²) in [4.78, 5) is 19.8. The molecular formula is C5H4N2O6. The van der Waals surface area contributed by atoms with E-state index in [1.165, 1.54) is 0 Å². The van der Waals surface area contributed by atoms with Gasteiger partial charge in [-0.3, -0.25) is 0 Å². The zero-order chi connectivity index (χ0) is 9.84. The maximum absolute atomic E-state index is 10.5. The quantitative estimate of drug-likeness (QED) is 0.382. The largest absolute Gasteiger partial charge is 0.516 e. The normalized spacial score (nSPS) is 9.31. The van der Waals surface area contributed by atoms with Crippen molar-refractivity contribution in [2.45, 2.75) is 0 Å². The first-order valence-electron chi connectivity index (χ1n) is 3.00. The molecular weight excluding hydrogens is 184 g/mol. The van der Waals surface area contributed by atoms with Crippen LogP contribution in [-0.4, -0.2) is 23.3 Å². The van der Waals surface area contributed by atoms with E-state index < -0.39 is 22.8 Å². The van der Waals surface area contributed by atoms with Crippen molar-refractivity contribution in [2.75, 3.05) is 7.11 Å². The van der Waals surface area contributed by atoms with Gasteiger partial charge in [-0.25, -0.2) is 9.32 Å². The average Bonchev–Trinajstić information content (AvgIpc) is 2.52. The van der Waals surface area contributed by atoms with Crippen molar-refractivity contribution >= 4 is 12.0 Å². The van der Waals surface area contributed by atoms with E-state index in [4.69, 9.17) is 0 Å². The lowest BCUT2D eigenvalue weighted by Crippen LogP contribution is -2.06. The SMILES string of the molecule is COC(=O)Oc1cc([N+](=O)[O-])no1. The highest BCUT2D eigenvalue weighted by Crippen LogP contribution is 2.18. The maximum atomic E-state index is 10.5. The number of carbonyl (C=O) groups excluding carboxylic acids is 1. The minimum Gasteiger partial charge on any atom is -0.437 e. The van der Waals surface area contributed by atoms with Crippen LogP contribution >= 0.6 is 0 Å². The molecule has 8 heteroatoms. The molecule has 0 aliphatic heterocycles. The number of aromatic nitrogens is 1. The molecule has 0 bridgehead atoms. The Morgan fingerprint density at radius 3 is 2.92 bits per heavy atom. The molecule has 1 aromatic heterocycles. The van der Waals surface area contributed by atoms with Gasteiger partial charge in [-0.15, -0.1) is 0 Å². The van der Waals surface area contributed by atoms with Crippen molar-refractivity contribution in [3.05, 3.63) is 16.2 Å². The summed E-state index contributed by atoms with van der Waals surface area (Å²) in [5, 5.41) is 13.1. The lowest BCUT2D eigenvalue weighted by molar-refractivity contribution is -0.390. The summed E-state index contributed by atoms with van der Waals surface area (Å²) in [5.74, 6) is -0.933. The van der Waals surface area contributed by atoms with E-state index in [2.05, 4.69) is 19.2 Å². The van der Waals surface area contributed by atoms with Crippen LogP contribution in [0.5, 0.6) is 5.95 Å². The van der Waals surface area contributed by atoms with Crippen LogP contribution in [0.1, 0.15) is 0 Å². The predicted molar refractivity (Wildman–Crippen MR) is 36.2 cm³/mol. The Hall–Kier alpha value is -2.12.